The summed E-state index contributed by atoms with van der Waals surface area (Å²) < 4.78 is 0. The van der Waals surface area contributed by atoms with Crippen molar-refractivity contribution in [3.8, 4) is 0 Å². The van der Waals surface area contributed by atoms with Crippen LogP contribution in [-0.2, 0) is 9.59 Å². The Labute approximate surface area is 141 Å². The number of benzene rings is 1. The molecule has 0 bridgehead atoms. The van der Waals surface area contributed by atoms with Crippen molar-refractivity contribution < 1.29 is 49.8 Å². The van der Waals surface area contributed by atoms with E-state index in [0.29, 0.717) is 18.6 Å². The van der Waals surface area contributed by atoms with Gasteiger partial charge >= 0.3 is 23.9 Å². The van der Waals surface area contributed by atoms with Gasteiger partial charge in [0.25, 0.3) is 0 Å². The quantitative estimate of drug-likeness (QED) is 0.319. The molecule has 0 spiro atoms. The number of hydrogen-bond donors (Lipinski definition) is 6. The third-order valence-corrected chi connectivity index (χ3v) is 2.12. The van der Waals surface area contributed by atoms with Crippen LogP contribution in [0.5, 0.6) is 0 Å². The van der Waals surface area contributed by atoms with E-state index < -0.39 is 30.2 Å². The molecule has 0 aliphatic carbocycles. The summed E-state index contributed by atoms with van der Waals surface area (Å²) in [5.74, 6) is -4.97. The lowest BCUT2D eigenvalue weighted by atomic mass is 10.1. The lowest BCUT2D eigenvalue weighted by Gasteiger charge is -1.98. The molecule has 0 heterocycles. The van der Waals surface area contributed by atoms with Crippen molar-refractivity contribution in [1.82, 2.24) is 0 Å². The van der Waals surface area contributed by atoms with Crippen molar-refractivity contribution in [3.63, 3.8) is 0 Å². The lowest BCUT2D eigenvalue weighted by molar-refractivity contribution is -0.134. The molecule has 0 fully saturated rings. The number of hydrogen-bond acceptors (Lipinski definition) is 6. The van der Waals surface area contributed by atoms with E-state index in [1.807, 2.05) is 0 Å². The second-order valence-electron chi connectivity index (χ2n) is 4.05. The molecule has 0 saturated carbocycles. The van der Waals surface area contributed by atoms with Crippen LogP contribution >= 0.6 is 0 Å². The molecule has 0 unspecified atom stereocenters. The Morgan fingerprint density at radius 3 is 1.28 bits per heavy atom. The van der Waals surface area contributed by atoms with Gasteiger partial charge in [-0.15, -0.1) is 0 Å². The largest absolute Gasteiger partial charge is 0.478 e. The first-order valence-corrected chi connectivity index (χ1v) is 6.58. The standard InChI is InChI=1S/C8H6O4.C4H4O4.C3H8O2/c9-7(10)5-3-1-2-4-6(5)8(11)12;5-3(6)1-2-4(7)8;1-2-3(4)5/h1-4H,(H,9,10)(H,11,12);1-2H,(H,5,6)(H,7,8);3-5H,2H2,1H3. The second-order valence-corrected chi connectivity index (χ2v) is 4.05. The monoisotopic (exact) mass is 358 g/mol. The van der Waals surface area contributed by atoms with Crippen molar-refractivity contribution in [2.75, 3.05) is 0 Å². The number of aliphatic carboxylic acids is 2. The molecule has 0 amide bonds. The molecule has 0 radical (unpaired) electrons. The van der Waals surface area contributed by atoms with E-state index >= 15 is 0 Å². The molecule has 0 aliphatic heterocycles. The number of rotatable bonds is 5. The van der Waals surface area contributed by atoms with Crippen molar-refractivity contribution in [2.24, 2.45) is 0 Å². The van der Waals surface area contributed by atoms with E-state index in [9.17, 15) is 19.2 Å². The molecule has 1 aromatic rings. The van der Waals surface area contributed by atoms with Crippen molar-refractivity contribution >= 4 is 23.9 Å². The first-order valence-electron chi connectivity index (χ1n) is 6.58. The van der Waals surface area contributed by atoms with Gasteiger partial charge in [-0.25, -0.2) is 19.2 Å². The van der Waals surface area contributed by atoms with Gasteiger partial charge in [0.15, 0.2) is 6.29 Å². The molecule has 1 aromatic carbocycles. The van der Waals surface area contributed by atoms with Crippen LogP contribution in [0.1, 0.15) is 34.1 Å². The zero-order valence-electron chi connectivity index (χ0n) is 13.1. The van der Waals surface area contributed by atoms with E-state index in [1.165, 1.54) is 24.3 Å². The number of carboxylic acid groups (broad SMARTS) is 4. The summed E-state index contributed by atoms with van der Waals surface area (Å²) in [5.41, 5.74) is -0.380. The molecule has 0 aliphatic rings. The molecule has 1 rings (SSSR count). The van der Waals surface area contributed by atoms with Gasteiger partial charge in [-0.3, -0.25) is 0 Å². The molecule has 0 aromatic heterocycles. The van der Waals surface area contributed by atoms with E-state index in [0.717, 1.165) is 0 Å². The number of aliphatic hydroxyl groups is 2. The van der Waals surface area contributed by atoms with Gasteiger partial charge in [-0.2, -0.15) is 0 Å². The zero-order chi connectivity index (χ0) is 20.0. The molecular weight excluding hydrogens is 340 g/mol. The summed E-state index contributed by atoms with van der Waals surface area (Å²) in [5, 5.41) is 48.6. The average Bonchev–Trinajstić information content (AvgIpc) is 2.54. The highest BCUT2D eigenvalue weighted by molar-refractivity contribution is 6.01. The molecule has 0 saturated heterocycles. The third-order valence-electron chi connectivity index (χ3n) is 2.12. The third kappa shape index (κ3) is 14.1. The molecular formula is C15H18O10. The Hall–Kier alpha value is -3.24. The Bertz CT molecular complexity index is 569. The summed E-state index contributed by atoms with van der Waals surface area (Å²) >= 11 is 0. The van der Waals surface area contributed by atoms with E-state index in [1.54, 1.807) is 6.92 Å². The molecule has 6 N–H and O–H groups in total. The van der Waals surface area contributed by atoms with Crippen LogP contribution in [0.4, 0.5) is 0 Å². The van der Waals surface area contributed by atoms with Crippen LogP contribution in [0.2, 0.25) is 0 Å². The normalized spacial score (nSPS) is 9.44. The van der Waals surface area contributed by atoms with Gasteiger partial charge in [0.1, 0.15) is 0 Å². The van der Waals surface area contributed by atoms with E-state index in [4.69, 9.17) is 30.6 Å². The molecule has 138 valence electrons. The van der Waals surface area contributed by atoms with Crippen LogP contribution in [0.25, 0.3) is 0 Å². The maximum absolute atomic E-state index is 10.5. The van der Waals surface area contributed by atoms with Crippen LogP contribution < -0.4 is 0 Å². The van der Waals surface area contributed by atoms with Crippen LogP contribution in [-0.4, -0.2) is 60.8 Å². The van der Waals surface area contributed by atoms with Crippen LogP contribution in [0, 0.1) is 0 Å². The lowest BCUT2D eigenvalue weighted by Crippen LogP contribution is -2.06. The Balaban J connectivity index is 0. The first-order chi connectivity index (χ1) is 11.5. The smallest absolute Gasteiger partial charge is 0.336 e. The van der Waals surface area contributed by atoms with Gasteiger partial charge in [0.05, 0.1) is 11.1 Å². The second kappa shape index (κ2) is 13.2. The van der Waals surface area contributed by atoms with Gasteiger partial charge in [-0.05, 0) is 18.6 Å². The van der Waals surface area contributed by atoms with E-state index in [-0.39, 0.29) is 11.1 Å². The predicted octanol–water partition coefficient (Wildman–Crippen LogP) is 0.502. The molecule has 0 atom stereocenters. The van der Waals surface area contributed by atoms with Gasteiger partial charge < -0.3 is 30.6 Å². The minimum absolute atomic E-state index is 0.190. The molecule has 25 heavy (non-hydrogen) atoms. The van der Waals surface area contributed by atoms with Gasteiger partial charge in [-0.1, -0.05) is 19.1 Å². The summed E-state index contributed by atoms with van der Waals surface area (Å²) in [7, 11) is 0. The van der Waals surface area contributed by atoms with Crippen LogP contribution in [0.15, 0.2) is 36.4 Å². The molecule has 10 nitrogen and oxygen atoms in total. The fourth-order valence-electron chi connectivity index (χ4n) is 0.999. The maximum Gasteiger partial charge on any atom is 0.336 e. The fraction of sp³-hybridized carbons (Fsp3) is 0.200. The Kier molecular flexibility index (Phi) is 12.7. The van der Waals surface area contributed by atoms with Crippen LogP contribution in [0.3, 0.4) is 0 Å². The van der Waals surface area contributed by atoms with Gasteiger partial charge in [0, 0.05) is 12.2 Å². The Morgan fingerprint density at radius 1 is 0.840 bits per heavy atom. The van der Waals surface area contributed by atoms with Crippen molar-refractivity contribution in [3.05, 3.63) is 47.5 Å². The Morgan fingerprint density at radius 2 is 1.12 bits per heavy atom. The van der Waals surface area contributed by atoms with Crippen molar-refractivity contribution in [2.45, 2.75) is 19.6 Å². The van der Waals surface area contributed by atoms with E-state index in [2.05, 4.69) is 0 Å². The maximum atomic E-state index is 10.5. The summed E-state index contributed by atoms with van der Waals surface area (Å²) in [4.78, 5) is 40.0. The minimum atomic E-state index is -1.26. The zero-order valence-corrected chi connectivity index (χ0v) is 13.1. The minimum Gasteiger partial charge on any atom is -0.478 e. The highest BCUT2D eigenvalue weighted by Crippen LogP contribution is 2.07. The fourth-order valence-corrected chi connectivity index (χ4v) is 0.999. The summed E-state index contributed by atoms with van der Waals surface area (Å²) in [6.45, 7) is 1.70. The molecule has 10 heteroatoms. The SMILES string of the molecule is CCC(O)O.O=C(O)C=CC(=O)O.O=C(O)c1ccccc1C(=O)O. The highest BCUT2D eigenvalue weighted by Gasteiger charge is 2.13. The predicted molar refractivity (Wildman–Crippen MR) is 83.3 cm³/mol. The van der Waals surface area contributed by atoms with Gasteiger partial charge in [0.2, 0.25) is 0 Å². The first kappa shape index (κ1) is 24.0. The highest BCUT2D eigenvalue weighted by atomic mass is 16.5. The summed E-state index contributed by atoms with van der Waals surface area (Å²) in [6, 6.07) is 5.48. The number of aliphatic hydroxyl groups excluding tert-OH is 1. The summed E-state index contributed by atoms with van der Waals surface area (Å²) in [6.07, 6.45) is 0.417. The topological polar surface area (TPSA) is 190 Å². The number of carbonyl (C=O) groups is 4. The number of carboxylic acids is 4. The van der Waals surface area contributed by atoms with Crippen molar-refractivity contribution in [1.29, 1.82) is 0 Å². The average molecular weight is 358 g/mol. The number of aromatic carboxylic acids is 2.